The van der Waals surface area contributed by atoms with E-state index in [9.17, 15) is 4.79 Å². The Morgan fingerprint density at radius 2 is 2.18 bits per heavy atom. The third-order valence-electron chi connectivity index (χ3n) is 3.01. The van der Waals surface area contributed by atoms with Crippen molar-refractivity contribution in [2.24, 2.45) is 0 Å². The lowest BCUT2D eigenvalue weighted by Gasteiger charge is -2.12. The van der Waals surface area contributed by atoms with E-state index in [0.717, 1.165) is 11.3 Å². The first kappa shape index (κ1) is 16.1. The van der Waals surface area contributed by atoms with Crippen LogP contribution in [0.15, 0.2) is 42.7 Å². The van der Waals surface area contributed by atoms with Gasteiger partial charge in [0.1, 0.15) is 5.75 Å². The Bertz CT molecular complexity index is 647. The van der Waals surface area contributed by atoms with Gasteiger partial charge in [0.2, 0.25) is 0 Å². The summed E-state index contributed by atoms with van der Waals surface area (Å²) in [5, 5.41) is 3.81. The highest BCUT2D eigenvalue weighted by Gasteiger charge is 2.05. The molecule has 0 unspecified atom stereocenters. The minimum absolute atomic E-state index is 0.0278. The van der Waals surface area contributed by atoms with Crippen molar-refractivity contribution in [3.63, 3.8) is 0 Å². The van der Waals surface area contributed by atoms with Crippen LogP contribution in [-0.2, 0) is 11.3 Å². The second-order valence-electron chi connectivity index (χ2n) is 4.93. The summed E-state index contributed by atoms with van der Waals surface area (Å²) in [5.74, 6) is 0.586. The normalized spacial score (nSPS) is 10.1. The zero-order valence-corrected chi connectivity index (χ0v) is 13.3. The van der Waals surface area contributed by atoms with Crippen molar-refractivity contribution in [2.75, 3.05) is 26.0 Å². The molecular weight excluding hydrogens is 302 g/mol. The molecule has 0 aliphatic carbocycles. The summed E-state index contributed by atoms with van der Waals surface area (Å²) in [6, 6.07) is 9.40. The quantitative estimate of drug-likeness (QED) is 0.889. The highest BCUT2D eigenvalue weighted by Crippen LogP contribution is 2.21. The first-order valence-electron chi connectivity index (χ1n) is 6.81. The van der Waals surface area contributed by atoms with Crippen molar-refractivity contribution >= 4 is 23.2 Å². The predicted molar refractivity (Wildman–Crippen MR) is 87.2 cm³/mol. The van der Waals surface area contributed by atoms with Gasteiger partial charge < -0.3 is 15.0 Å². The highest BCUT2D eigenvalue weighted by molar-refractivity contribution is 6.33. The van der Waals surface area contributed by atoms with Gasteiger partial charge in [-0.1, -0.05) is 23.7 Å². The lowest BCUT2D eigenvalue weighted by atomic mass is 10.2. The number of hydrogen-bond acceptors (Lipinski definition) is 4. The maximum Gasteiger partial charge on any atom is 0.259 e. The van der Waals surface area contributed by atoms with Gasteiger partial charge in [-0.3, -0.25) is 9.78 Å². The molecule has 22 heavy (non-hydrogen) atoms. The number of ether oxygens (including phenoxy) is 1. The molecule has 0 radical (unpaired) electrons. The molecule has 6 heteroatoms. The average molecular weight is 320 g/mol. The molecule has 116 valence electrons. The van der Waals surface area contributed by atoms with Gasteiger partial charge in [0.15, 0.2) is 6.61 Å². The molecule has 1 amide bonds. The van der Waals surface area contributed by atoms with Gasteiger partial charge in [0.25, 0.3) is 5.91 Å². The van der Waals surface area contributed by atoms with E-state index in [-0.39, 0.29) is 12.5 Å². The largest absolute Gasteiger partial charge is 0.484 e. The molecule has 0 atom stereocenters. The zero-order valence-electron chi connectivity index (χ0n) is 12.5. The van der Waals surface area contributed by atoms with Crippen LogP contribution in [0, 0.1) is 0 Å². The van der Waals surface area contributed by atoms with E-state index >= 15 is 0 Å². The number of hydrogen-bond donors (Lipinski definition) is 1. The van der Waals surface area contributed by atoms with Crippen LogP contribution in [-0.4, -0.2) is 36.5 Å². The van der Waals surface area contributed by atoms with Crippen LogP contribution in [0.25, 0.3) is 0 Å². The Morgan fingerprint density at radius 3 is 2.91 bits per heavy atom. The Morgan fingerprint density at radius 1 is 1.36 bits per heavy atom. The van der Waals surface area contributed by atoms with Gasteiger partial charge in [0.05, 0.1) is 10.7 Å². The Hall–Kier alpha value is -2.27. The van der Waals surface area contributed by atoms with Gasteiger partial charge in [-0.05, 0) is 23.8 Å². The third-order valence-corrected chi connectivity index (χ3v) is 3.32. The fourth-order valence-electron chi connectivity index (χ4n) is 1.74. The summed E-state index contributed by atoms with van der Waals surface area (Å²) in [6.07, 6.45) is 3.27. The highest BCUT2D eigenvalue weighted by atomic mass is 35.5. The molecule has 0 aliphatic heterocycles. The number of halogens is 1. The zero-order chi connectivity index (χ0) is 15.9. The van der Waals surface area contributed by atoms with Gasteiger partial charge in [0, 0.05) is 33.0 Å². The van der Waals surface area contributed by atoms with Gasteiger partial charge >= 0.3 is 0 Å². The first-order valence-corrected chi connectivity index (χ1v) is 7.19. The molecule has 0 saturated heterocycles. The van der Waals surface area contributed by atoms with Crippen molar-refractivity contribution in [1.29, 1.82) is 0 Å². The van der Waals surface area contributed by atoms with Crippen molar-refractivity contribution in [3.05, 3.63) is 53.3 Å². The summed E-state index contributed by atoms with van der Waals surface area (Å²) >= 11 is 6.04. The average Bonchev–Trinajstić information content (AvgIpc) is 2.52. The minimum Gasteiger partial charge on any atom is -0.484 e. The number of amides is 1. The number of carbonyl (C=O) groups is 1. The molecule has 0 bridgehead atoms. The van der Waals surface area contributed by atoms with Crippen LogP contribution in [0.2, 0.25) is 5.02 Å². The number of aromatic nitrogens is 1. The number of rotatable bonds is 6. The Balaban J connectivity index is 1.94. The van der Waals surface area contributed by atoms with Crippen LogP contribution in [0.5, 0.6) is 5.75 Å². The van der Waals surface area contributed by atoms with Crippen LogP contribution < -0.4 is 10.1 Å². The van der Waals surface area contributed by atoms with Crippen molar-refractivity contribution in [1.82, 2.24) is 9.88 Å². The molecule has 0 fully saturated rings. The van der Waals surface area contributed by atoms with E-state index in [1.54, 1.807) is 26.5 Å². The molecule has 0 saturated carbocycles. The number of nitrogens with one attached hydrogen (secondary N) is 1. The van der Waals surface area contributed by atoms with Gasteiger partial charge in [-0.15, -0.1) is 0 Å². The van der Waals surface area contributed by atoms with E-state index in [0.29, 0.717) is 17.3 Å². The second kappa shape index (κ2) is 7.66. The fourth-order valence-corrected chi connectivity index (χ4v) is 1.92. The lowest BCUT2D eigenvalue weighted by Crippen LogP contribution is -2.27. The molecule has 1 heterocycles. The number of anilines is 1. The van der Waals surface area contributed by atoms with Crippen molar-refractivity contribution in [3.8, 4) is 5.75 Å². The van der Waals surface area contributed by atoms with E-state index in [2.05, 4.69) is 10.3 Å². The predicted octanol–water partition coefficient (Wildman–Crippen LogP) is 2.81. The van der Waals surface area contributed by atoms with Gasteiger partial charge in [-0.25, -0.2) is 0 Å². The van der Waals surface area contributed by atoms with Crippen LogP contribution in [0.1, 0.15) is 5.56 Å². The summed E-state index contributed by atoms with van der Waals surface area (Å²) < 4.78 is 5.49. The lowest BCUT2D eigenvalue weighted by molar-refractivity contribution is -0.130. The summed E-state index contributed by atoms with van der Waals surface area (Å²) in [5.41, 5.74) is 1.86. The molecule has 1 aromatic carbocycles. The van der Waals surface area contributed by atoms with E-state index in [1.807, 2.05) is 30.3 Å². The minimum atomic E-state index is -0.0768. The van der Waals surface area contributed by atoms with Crippen molar-refractivity contribution in [2.45, 2.75) is 6.54 Å². The maximum absolute atomic E-state index is 11.5. The number of carbonyl (C=O) groups excluding carboxylic acids is 1. The fraction of sp³-hybridized carbons (Fsp3) is 0.250. The monoisotopic (exact) mass is 319 g/mol. The summed E-state index contributed by atoms with van der Waals surface area (Å²) in [4.78, 5) is 17.0. The van der Waals surface area contributed by atoms with Gasteiger partial charge in [-0.2, -0.15) is 0 Å². The summed E-state index contributed by atoms with van der Waals surface area (Å²) in [7, 11) is 3.40. The molecule has 5 nitrogen and oxygen atoms in total. The number of pyridine rings is 1. The number of benzene rings is 1. The molecule has 2 rings (SSSR count). The summed E-state index contributed by atoms with van der Waals surface area (Å²) in [6.45, 7) is 0.628. The van der Waals surface area contributed by atoms with Crippen molar-refractivity contribution < 1.29 is 9.53 Å². The molecule has 2 aromatic rings. The Kier molecular flexibility index (Phi) is 5.61. The van der Waals surface area contributed by atoms with E-state index in [4.69, 9.17) is 16.3 Å². The number of likely N-dealkylation sites (N-methyl/N-ethyl adjacent to an activating group) is 1. The molecule has 1 N–H and O–H groups in total. The second-order valence-corrected chi connectivity index (χ2v) is 5.34. The Labute approximate surface area is 134 Å². The molecule has 0 aliphatic rings. The first-order chi connectivity index (χ1) is 10.6. The topological polar surface area (TPSA) is 54.5 Å². The smallest absolute Gasteiger partial charge is 0.259 e. The standard InChI is InChI=1S/C16H18ClN3O2/c1-20(2)16(21)11-22-13-5-3-4-12(8-13)9-19-15-6-7-18-10-14(15)17/h3-8,10H,9,11H2,1-2H3,(H,18,19). The molecular formula is C16H18ClN3O2. The van der Waals surface area contributed by atoms with Crippen LogP contribution >= 0.6 is 11.6 Å². The maximum atomic E-state index is 11.5. The SMILES string of the molecule is CN(C)C(=O)COc1cccc(CNc2ccncc2Cl)c1. The third kappa shape index (κ3) is 4.63. The van der Waals surface area contributed by atoms with E-state index < -0.39 is 0 Å². The molecule has 1 aromatic heterocycles. The van der Waals surface area contributed by atoms with Crippen LogP contribution in [0.4, 0.5) is 5.69 Å². The van der Waals surface area contributed by atoms with E-state index in [1.165, 1.54) is 4.90 Å². The number of nitrogens with zero attached hydrogens (tertiary/aromatic N) is 2. The molecule has 0 spiro atoms. The van der Waals surface area contributed by atoms with Crippen LogP contribution in [0.3, 0.4) is 0 Å².